The third-order valence-electron chi connectivity index (χ3n) is 3.89. The predicted molar refractivity (Wildman–Crippen MR) is 63.1 cm³/mol. The molecule has 0 aromatic carbocycles. The Kier molecular flexibility index (Phi) is 2.69. The van der Waals surface area contributed by atoms with Crippen LogP contribution in [0, 0.1) is 5.92 Å². The van der Waals surface area contributed by atoms with E-state index in [9.17, 15) is 0 Å². The van der Waals surface area contributed by atoms with Gasteiger partial charge in [0.2, 0.25) is 0 Å². The minimum absolute atomic E-state index is 0.550. The van der Waals surface area contributed by atoms with Crippen LogP contribution in [-0.4, -0.2) is 28.6 Å². The second-order valence-electron chi connectivity index (χ2n) is 5.03. The molecule has 0 saturated heterocycles. The summed E-state index contributed by atoms with van der Waals surface area (Å²) in [5.74, 6) is 0.935. The number of rotatable bonds is 4. The number of aromatic nitrogens is 2. The molecular formula is C12H20N4. The van der Waals surface area contributed by atoms with Crippen molar-refractivity contribution in [3.63, 3.8) is 0 Å². The lowest BCUT2D eigenvalue weighted by Crippen LogP contribution is -2.43. The molecule has 4 nitrogen and oxygen atoms in total. The molecule has 2 aliphatic rings. The van der Waals surface area contributed by atoms with Gasteiger partial charge in [0, 0.05) is 31.6 Å². The average Bonchev–Trinajstić information content (AvgIpc) is 2.93. The summed E-state index contributed by atoms with van der Waals surface area (Å²) in [6, 6.07) is 1.33. The summed E-state index contributed by atoms with van der Waals surface area (Å²) >= 11 is 0. The Morgan fingerprint density at radius 2 is 2.50 bits per heavy atom. The van der Waals surface area contributed by atoms with Crippen LogP contribution in [-0.2, 0) is 13.0 Å². The molecule has 0 amide bonds. The van der Waals surface area contributed by atoms with Crippen molar-refractivity contribution in [1.29, 1.82) is 0 Å². The second-order valence-corrected chi connectivity index (χ2v) is 5.03. The number of fused-ring (bicyclic) bond motifs is 1. The third kappa shape index (κ3) is 1.99. The van der Waals surface area contributed by atoms with Gasteiger partial charge in [-0.1, -0.05) is 13.3 Å². The van der Waals surface area contributed by atoms with Gasteiger partial charge in [-0.25, -0.2) is 4.98 Å². The van der Waals surface area contributed by atoms with E-state index in [2.05, 4.69) is 27.5 Å². The molecule has 88 valence electrons. The maximum Gasteiger partial charge on any atom is 0.0925 e. The monoisotopic (exact) mass is 220 g/mol. The van der Waals surface area contributed by atoms with Crippen LogP contribution >= 0.6 is 0 Å². The molecule has 1 aromatic rings. The van der Waals surface area contributed by atoms with E-state index < -0.39 is 0 Å². The van der Waals surface area contributed by atoms with Crippen LogP contribution in [0.4, 0.5) is 0 Å². The largest absolute Gasteiger partial charge is 0.347 e. The highest BCUT2D eigenvalue weighted by atomic mass is 15.1. The molecule has 0 bridgehead atoms. The highest BCUT2D eigenvalue weighted by Crippen LogP contribution is 2.33. The van der Waals surface area contributed by atoms with Crippen molar-refractivity contribution in [2.75, 3.05) is 6.54 Å². The van der Waals surface area contributed by atoms with Crippen LogP contribution in [0.25, 0.3) is 0 Å². The first-order valence-electron chi connectivity index (χ1n) is 6.34. The molecule has 0 radical (unpaired) electrons. The van der Waals surface area contributed by atoms with Crippen molar-refractivity contribution in [2.24, 2.45) is 5.92 Å². The topological polar surface area (TPSA) is 52.7 Å². The van der Waals surface area contributed by atoms with Gasteiger partial charge in [0.15, 0.2) is 0 Å². The Balaban J connectivity index is 1.48. The van der Waals surface area contributed by atoms with Gasteiger partial charge < -0.3 is 15.6 Å². The molecule has 3 unspecified atom stereocenters. The number of imidazole rings is 1. The fourth-order valence-electron chi connectivity index (χ4n) is 2.62. The summed E-state index contributed by atoms with van der Waals surface area (Å²) in [5.41, 5.74) is 2.50. The van der Waals surface area contributed by atoms with Crippen LogP contribution in [0.2, 0.25) is 0 Å². The minimum Gasteiger partial charge on any atom is -0.347 e. The van der Waals surface area contributed by atoms with Crippen molar-refractivity contribution in [2.45, 2.75) is 44.8 Å². The number of hydrogen-bond donors (Lipinski definition) is 3. The summed E-state index contributed by atoms with van der Waals surface area (Å²) in [6.07, 6.45) is 5.54. The zero-order valence-corrected chi connectivity index (χ0v) is 9.79. The number of aromatic amines is 1. The number of nitrogens with one attached hydrogen (secondary N) is 3. The minimum atomic E-state index is 0.550. The Hall–Kier alpha value is -0.870. The van der Waals surface area contributed by atoms with Crippen molar-refractivity contribution < 1.29 is 0 Å². The molecule has 1 fully saturated rings. The van der Waals surface area contributed by atoms with Crippen molar-refractivity contribution in [3.05, 3.63) is 17.7 Å². The number of hydrogen-bond acceptors (Lipinski definition) is 3. The lowest BCUT2D eigenvalue weighted by atomic mass is 10.1. The van der Waals surface area contributed by atoms with Crippen LogP contribution in [0.5, 0.6) is 0 Å². The van der Waals surface area contributed by atoms with E-state index in [0.717, 1.165) is 31.5 Å². The van der Waals surface area contributed by atoms with Gasteiger partial charge >= 0.3 is 0 Å². The van der Waals surface area contributed by atoms with Gasteiger partial charge in [0.1, 0.15) is 0 Å². The van der Waals surface area contributed by atoms with Gasteiger partial charge in [-0.2, -0.15) is 0 Å². The van der Waals surface area contributed by atoms with Gasteiger partial charge in [-0.05, 0) is 12.3 Å². The molecule has 3 rings (SSSR count). The zero-order chi connectivity index (χ0) is 11.0. The molecule has 1 saturated carbocycles. The van der Waals surface area contributed by atoms with Gasteiger partial charge in [0.05, 0.1) is 17.7 Å². The lowest BCUT2D eigenvalue weighted by Gasteiger charge is -2.23. The highest BCUT2D eigenvalue weighted by molar-refractivity contribution is 5.16. The fraction of sp³-hybridized carbons (Fsp3) is 0.750. The van der Waals surface area contributed by atoms with E-state index in [-0.39, 0.29) is 0 Å². The highest BCUT2D eigenvalue weighted by Gasteiger charge is 2.35. The predicted octanol–water partition coefficient (Wildman–Crippen LogP) is 0.812. The van der Waals surface area contributed by atoms with Crippen LogP contribution in [0.3, 0.4) is 0 Å². The Labute approximate surface area is 96.2 Å². The molecule has 2 heterocycles. The molecule has 4 heteroatoms. The molecule has 16 heavy (non-hydrogen) atoms. The zero-order valence-electron chi connectivity index (χ0n) is 9.79. The molecule has 1 aromatic heterocycles. The molecule has 0 spiro atoms. The van der Waals surface area contributed by atoms with Crippen molar-refractivity contribution >= 4 is 0 Å². The summed E-state index contributed by atoms with van der Waals surface area (Å²) in [6.45, 7) is 4.29. The van der Waals surface area contributed by atoms with Crippen LogP contribution in [0.1, 0.15) is 31.2 Å². The van der Waals surface area contributed by atoms with E-state index in [1.54, 1.807) is 6.33 Å². The maximum atomic E-state index is 4.36. The number of nitrogens with zero attached hydrogens (tertiary/aromatic N) is 1. The standard InChI is InChI=1S/C12H20N4/c1-2-8-3-10(8)14-5-9-4-11-12(6-13-9)16-7-15-11/h7-10,13-14H,2-6H2,1H3,(H,15,16). The molecule has 3 N–H and O–H groups in total. The van der Waals surface area contributed by atoms with E-state index >= 15 is 0 Å². The van der Waals surface area contributed by atoms with Crippen LogP contribution in [0.15, 0.2) is 6.33 Å². The summed E-state index contributed by atoms with van der Waals surface area (Å²) in [4.78, 5) is 7.54. The second kappa shape index (κ2) is 4.18. The SMILES string of the molecule is CCC1CC1NCC1Cc2nc[nH]c2CN1. The smallest absolute Gasteiger partial charge is 0.0925 e. The Bertz CT molecular complexity index is 360. The normalized spacial score (nSPS) is 32.4. The molecule has 1 aliphatic heterocycles. The van der Waals surface area contributed by atoms with E-state index in [1.165, 1.54) is 24.2 Å². The summed E-state index contributed by atoms with van der Waals surface area (Å²) in [7, 11) is 0. The fourth-order valence-corrected chi connectivity index (χ4v) is 2.62. The summed E-state index contributed by atoms with van der Waals surface area (Å²) in [5, 5.41) is 7.19. The van der Waals surface area contributed by atoms with Crippen molar-refractivity contribution in [1.82, 2.24) is 20.6 Å². The summed E-state index contributed by atoms with van der Waals surface area (Å²) < 4.78 is 0. The quantitative estimate of drug-likeness (QED) is 0.704. The molecule has 1 aliphatic carbocycles. The molecule has 3 atom stereocenters. The van der Waals surface area contributed by atoms with Crippen LogP contribution < -0.4 is 10.6 Å². The van der Waals surface area contributed by atoms with Gasteiger partial charge in [0.25, 0.3) is 0 Å². The maximum absolute atomic E-state index is 4.36. The van der Waals surface area contributed by atoms with E-state index in [4.69, 9.17) is 0 Å². The van der Waals surface area contributed by atoms with Gasteiger partial charge in [-0.15, -0.1) is 0 Å². The lowest BCUT2D eigenvalue weighted by molar-refractivity contribution is 0.435. The van der Waals surface area contributed by atoms with Gasteiger partial charge in [-0.3, -0.25) is 0 Å². The Morgan fingerprint density at radius 3 is 3.31 bits per heavy atom. The van der Waals surface area contributed by atoms with E-state index in [0.29, 0.717) is 6.04 Å². The first-order valence-corrected chi connectivity index (χ1v) is 6.34. The first kappa shape index (κ1) is 10.3. The van der Waals surface area contributed by atoms with Crippen molar-refractivity contribution in [3.8, 4) is 0 Å². The number of H-pyrrole nitrogens is 1. The first-order chi connectivity index (χ1) is 7.86. The average molecular weight is 220 g/mol. The third-order valence-corrected chi connectivity index (χ3v) is 3.89. The molecular weight excluding hydrogens is 200 g/mol. The van der Waals surface area contributed by atoms with E-state index in [1.807, 2.05) is 0 Å². The Morgan fingerprint density at radius 1 is 1.56 bits per heavy atom.